The van der Waals surface area contributed by atoms with Crippen LogP contribution in [0.15, 0.2) is 35.6 Å². The van der Waals surface area contributed by atoms with Crippen LogP contribution in [0, 0.1) is 0 Å². The van der Waals surface area contributed by atoms with Crippen LogP contribution in [0.4, 0.5) is 17.2 Å². The van der Waals surface area contributed by atoms with Crippen molar-refractivity contribution in [2.24, 2.45) is 0 Å². The highest BCUT2D eigenvalue weighted by Crippen LogP contribution is 2.23. The van der Waals surface area contributed by atoms with Crippen molar-refractivity contribution in [1.82, 2.24) is 9.97 Å². The molecule has 0 aliphatic heterocycles. The highest BCUT2D eigenvalue weighted by atomic mass is 32.2. The van der Waals surface area contributed by atoms with Crippen LogP contribution in [-0.4, -0.2) is 23.3 Å². The molecule has 2 rings (SSSR count). The summed E-state index contributed by atoms with van der Waals surface area (Å²) in [5.74, 6) is 0.619. The first kappa shape index (κ1) is 13.6. The molecule has 0 spiro atoms. The first-order valence-corrected chi connectivity index (χ1v) is 6.97. The van der Waals surface area contributed by atoms with Crippen LogP contribution in [-0.2, 0) is 11.3 Å². The van der Waals surface area contributed by atoms with Gasteiger partial charge < -0.3 is 15.8 Å². The predicted octanol–water partition coefficient (Wildman–Crippen LogP) is 2.67. The van der Waals surface area contributed by atoms with Gasteiger partial charge in [-0.25, -0.2) is 9.97 Å². The summed E-state index contributed by atoms with van der Waals surface area (Å²) in [6, 6.07) is 7.93. The first-order chi connectivity index (χ1) is 9.22. The van der Waals surface area contributed by atoms with Gasteiger partial charge in [0.05, 0.1) is 18.5 Å². The van der Waals surface area contributed by atoms with E-state index in [0.29, 0.717) is 23.3 Å². The Kier molecular flexibility index (Phi) is 4.59. The highest BCUT2D eigenvalue weighted by Gasteiger charge is 2.05. The lowest BCUT2D eigenvalue weighted by atomic mass is 10.2. The van der Waals surface area contributed by atoms with Crippen LogP contribution in [0.5, 0.6) is 0 Å². The minimum absolute atomic E-state index is 0.523. The number of anilines is 3. The van der Waals surface area contributed by atoms with Crippen LogP contribution in [0.1, 0.15) is 5.56 Å². The number of thioether (sulfide) groups is 1. The number of hydrogen-bond donors (Lipinski definition) is 2. The second kappa shape index (κ2) is 6.40. The molecule has 0 radical (unpaired) electrons. The smallest absolute Gasteiger partial charge is 0.189 e. The number of nitrogens with two attached hydrogens (primary N) is 1. The first-order valence-electron chi connectivity index (χ1n) is 5.74. The van der Waals surface area contributed by atoms with E-state index in [0.717, 1.165) is 11.3 Å². The van der Waals surface area contributed by atoms with Gasteiger partial charge in [-0.15, -0.1) is 0 Å². The van der Waals surface area contributed by atoms with Crippen LogP contribution in [0.3, 0.4) is 0 Å². The molecule has 19 heavy (non-hydrogen) atoms. The van der Waals surface area contributed by atoms with Gasteiger partial charge in [0.1, 0.15) is 0 Å². The van der Waals surface area contributed by atoms with E-state index in [1.807, 2.05) is 30.5 Å². The Morgan fingerprint density at radius 2 is 2.26 bits per heavy atom. The van der Waals surface area contributed by atoms with Gasteiger partial charge in [-0.3, -0.25) is 0 Å². The van der Waals surface area contributed by atoms with Gasteiger partial charge in [-0.05, 0) is 24.0 Å². The van der Waals surface area contributed by atoms with E-state index in [4.69, 9.17) is 10.5 Å². The number of methoxy groups -OCH3 is 1. The molecule has 6 heteroatoms. The summed E-state index contributed by atoms with van der Waals surface area (Å²) in [5, 5.41) is 3.89. The van der Waals surface area contributed by atoms with E-state index in [1.165, 1.54) is 11.8 Å². The number of rotatable bonds is 5. The topological polar surface area (TPSA) is 73.1 Å². The summed E-state index contributed by atoms with van der Waals surface area (Å²) in [5.41, 5.74) is 8.40. The van der Waals surface area contributed by atoms with Gasteiger partial charge >= 0.3 is 0 Å². The van der Waals surface area contributed by atoms with Crippen LogP contribution in [0.2, 0.25) is 0 Å². The lowest BCUT2D eigenvalue weighted by Crippen LogP contribution is -2.02. The number of nitrogens with zero attached hydrogens (tertiary/aromatic N) is 2. The fourth-order valence-electron chi connectivity index (χ4n) is 1.62. The normalized spacial score (nSPS) is 10.4. The van der Waals surface area contributed by atoms with E-state index in [1.54, 1.807) is 13.3 Å². The zero-order valence-electron chi connectivity index (χ0n) is 10.9. The zero-order valence-corrected chi connectivity index (χ0v) is 11.7. The van der Waals surface area contributed by atoms with Gasteiger partial charge in [0.25, 0.3) is 0 Å². The molecule has 0 bridgehead atoms. The summed E-state index contributed by atoms with van der Waals surface area (Å²) in [7, 11) is 1.67. The van der Waals surface area contributed by atoms with Gasteiger partial charge in [0, 0.05) is 12.8 Å². The minimum Gasteiger partial charge on any atom is -0.394 e. The summed E-state index contributed by atoms with van der Waals surface area (Å²) in [6.07, 6.45) is 3.54. The van der Waals surface area contributed by atoms with E-state index in [2.05, 4.69) is 15.3 Å². The average Bonchev–Trinajstić information content (AvgIpc) is 2.42. The molecule has 5 nitrogen and oxygen atoms in total. The molecule has 3 N–H and O–H groups in total. The molecule has 1 aromatic heterocycles. The molecule has 1 aromatic carbocycles. The summed E-state index contributed by atoms with van der Waals surface area (Å²) >= 11 is 1.48. The molecule has 0 saturated heterocycles. The SMILES string of the molecule is COCc1cccc(Nc2nc(SC)ncc2N)c1. The van der Waals surface area contributed by atoms with E-state index < -0.39 is 0 Å². The molecule has 1 heterocycles. The van der Waals surface area contributed by atoms with Crippen molar-refractivity contribution in [3.8, 4) is 0 Å². The number of ether oxygens (including phenoxy) is 1. The quantitative estimate of drug-likeness (QED) is 0.646. The van der Waals surface area contributed by atoms with Crippen molar-refractivity contribution in [2.45, 2.75) is 11.8 Å². The number of nitrogens with one attached hydrogen (secondary N) is 1. The van der Waals surface area contributed by atoms with Crippen LogP contribution >= 0.6 is 11.8 Å². The van der Waals surface area contributed by atoms with Crippen molar-refractivity contribution < 1.29 is 4.74 Å². The van der Waals surface area contributed by atoms with Crippen molar-refractivity contribution in [3.05, 3.63) is 36.0 Å². The summed E-state index contributed by atoms with van der Waals surface area (Å²) in [4.78, 5) is 8.46. The molecule has 0 fully saturated rings. The van der Waals surface area contributed by atoms with Gasteiger partial charge in [-0.2, -0.15) is 0 Å². The third-order valence-corrected chi connectivity index (χ3v) is 3.04. The molecular formula is C13H16N4OS. The number of nitrogen functional groups attached to an aromatic ring is 1. The van der Waals surface area contributed by atoms with Crippen molar-refractivity contribution in [1.29, 1.82) is 0 Å². The van der Waals surface area contributed by atoms with Crippen molar-refractivity contribution in [2.75, 3.05) is 24.4 Å². The monoisotopic (exact) mass is 276 g/mol. The molecule has 0 aliphatic carbocycles. The van der Waals surface area contributed by atoms with Crippen LogP contribution in [0.25, 0.3) is 0 Å². The van der Waals surface area contributed by atoms with E-state index in [-0.39, 0.29) is 0 Å². The third-order valence-electron chi connectivity index (χ3n) is 2.48. The molecule has 0 saturated carbocycles. The van der Waals surface area contributed by atoms with Crippen molar-refractivity contribution >= 4 is 29.0 Å². The van der Waals surface area contributed by atoms with Crippen molar-refractivity contribution in [3.63, 3.8) is 0 Å². The predicted molar refractivity (Wildman–Crippen MR) is 78.7 cm³/mol. The third kappa shape index (κ3) is 3.59. The second-order valence-corrected chi connectivity index (χ2v) is 4.69. The minimum atomic E-state index is 0.523. The molecule has 100 valence electrons. The zero-order chi connectivity index (χ0) is 13.7. The fraction of sp³-hybridized carbons (Fsp3) is 0.231. The van der Waals surface area contributed by atoms with Gasteiger partial charge in [0.15, 0.2) is 11.0 Å². The molecule has 0 aliphatic rings. The second-order valence-electron chi connectivity index (χ2n) is 3.92. The molecule has 0 amide bonds. The number of aromatic nitrogens is 2. The molecule has 2 aromatic rings. The Bertz CT molecular complexity index is 562. The molecule has 0 atom stereocenters. The number of benzene rings is 1. The van der Waals surface area contributed by atoms with Gasteiger partial charge in [0.2, 0.25) is 0 Å². The average molecular weight is 276 g/mol. The Morgan fingerprint density at radius 3 is 3.00 bits per heavy atom. The Hall–Kier alpha value is -1.79. The Morgan fingerprint density at radius 1 is 1.42 bits per heavy atom. The van der Waals surface area contributed by atoms with E-state index in [9.17, 15) is 0 Å². The Balaban J connectivity index is 2.22. The fourth-order valence-corrected chi connectivity index (χ4v) is 1.96. The standard InChI is InChI=1S/C13H16N4OS/c1-18-8-9-4-3-5-10(6-9)16-12-11(14)7-15-13(17-12)19-2/h3-7H,8,14H2,1-2H3,(H,15,16,17). The maximum Gasteiger partial charge on any atom is 0.189 e. The molecule has 0 unspecified atom stereocenters. The summed E-state index contributed by atoms with van der Waals surface area (Å²) < 4.78 is 5.11. The number of hydrogen-bond acceptors (Lipinski definition) is 6. The van der Waals surface area contributed by atoms with Crippen LogP contribution < -0.4 is 11.1 Å². The lowest BCUT2D eigenvalue weighted by molar-refractivity contribution is 0.185. The summed E-state index contributed by atoms with van der Waals surface area (Å²) in [6.45, 7) is 0.574. The molecular weight excluding hydrogens is 260 g/mol. The lowest BCUT2D eigenvalue weighted by Gasteiger charge is -2.10. The van der Waals surface area contributed by atoms with Gasteiger partial charge in [-0.1, -0.05) is 23.9 Å². The highest BCUT2D eigenvalue weighted by molar-refractivity contribution is 7.98. The van der Waals surface area contributed by atoms with E-state index >= 15 is 0 Å². The maximum absolute atomic E-state index is 5.87. The largest absolute Gasteiger partial charge is 0.394 e. The maximum atomic E-state index is 5.87. The Labute approximate surface area is 116 Å².